The smallest absolute Gasteiger partial charge is 0.307 e. The largest absolute Gasteiger partial charge is 0.497 e. The van der Waals surface area contributed by atoms with E-state index in [1.165, 1.54) is 23.1 Å². The molecule has 0 saturated heterocycles. The zero-order valence-corrected chi connectivity index (χ0v) is 20.4. The number of thioether (sulfide) groups is 1. The molecular formula is C25H23N3O5S2. The third-order valence-corrected chi connectivity index (χ3v) is 8.55. The summed E-state index contributed by atoms with van der Waals surface area (Å²) >= 11 is 2.78. The molecule has 0 unspecified atom stereocenters. The number of methoxy groups -OCH3 is 1. The van der Waals surface area contributed by atoms with E-state index in [0.29, 0.717) is 11.4 Å². The van der Waals surface area contributed by atoms with Gasteiger partial charge in [-0.25, -0.2) is 4.98 Å². The molecule has 0 spiro atoms. The van der Waals surface area contributed by atoms with Gasteiger partial charge in [0.1, 0.15) is 5.75 Å². The fraction of sp³-hybridized carbons (Fsp3) is 0.280. The molecule has 0 radical (unpaired) electrons. The van der Waals surface area contributed by atoms with Crippen molar-refractivity contribution in [2.45, 2.75) is 10.8 Å². The van der Waals surface area contributed by atoms with Gasteiger partial charge < -0.3 is 20.5 Å². The third kappa shape index (κ3) is 4.89. The number of carboxylic acid groups (broad SMARTS) is 1. The van der Waals surface area contributed by atoms with Gasteiger partial charge in [-0.15, -0.1) is 11.3 Å². The number of allylic oxidation sites excluding steroid dienone is 2. The molecule has 1 aromatic heterocycles. The maximum atomic E-state index is 12.9. The second-order valence-electron chi connectivity index (χ2n) is 8.55. The minimum absolute atomic E-state index is 0.0275. The van der Waals surface area contributed by atoms with E-state index in [9.17, 15) is 19.5 Å². The molecule has 3 N–H and O–H groups in total. The molecule has 2 aromatic carbocycles. The van der Waals surface area contributed by atoms with Gasteiger partial charge in [-0.05, 0) is 60.7 Å². The predicted molar refractivity (Wildman–Crippen MR) is 136 cm³/mol. The van der Waals surface area contributed by atoms with Crippen molar-refractivity contribution in [1.29, 1.82) is 0 Å². The minimum atomic E-state index is -0.919. The van der Waals surface area contributed by atoms with Crippen LogP contribution < -0.4 is 15.4 Å². The molecule has 3 aromatic rings. The first-order valence-corrected chi connectivity index (χ1v) is 12.9. The van der Waals surface area contributed by atoms with Gasteiger partial charge in [0.2, 0.25) is 11.8 Å². The molecule has 1 saturated carbocycles. The average molecular weight is 510 g/mol. The summed E-state index contributed by atoms with van der Waals surface area (Å²) in [7, 11) is 1.59. The Bertz CT molecular complexity index is 1320. The maximum absolute atomic E-state index is 12.9. The van der Waals surface area contributed by atoms with Gasteiger partial charge in [0, 0.05) is 11.4 Å². The van der Waals surface area contributed by atoms with Gasteiger partial charge in [-0.2, -0.15) is 0 Å². The third-order valence-electron chi connectivity index (χ3n) is 6.38. The molecule has 2 bridgehead atoms. The number of hydrogen-bond acceptors (Lipinski definition) is 7. The van der Waals surface area contributed by atoms with Crippen molar-refractivity contribution in [2.75, 3.05) is 23.5 Å². The van der Waals surface area contributed by atoms with E-state index in [1.807, 2.05) is 24.3 Å². The summed E-state index contributed by atoms with van der Waals surface area (Å²) in [5.41, 5.74) is 2.07. The first-order valence-electron chi connectivity index (χ1n) is 11.1. The number of thiazole rings is 1. The molecule has 1 fully saturated rings. The molecule has 8 nitrogen and oxygen atoms in total. The van der Waals surface area contributed by atoms with Crippen LogP contribution in [0.5, 0.6) is 5.75 Å². The standard InChI is InChI=1S/C25H23N3O5S2/c1-33-17-7-4-15(5-8-17)26-20(29)12-34-25-28-18-9-6-16(11-19(18)35-25)27-23(30)21-13-2-3-14(10-13)22(21)24(31)32/h2-9,11,13-14,21-22H,10,12H2,1H3,(H,26,29)(H,27,30)(H,31,32)/t13-,14-,21+,22-/m0/s1. The molecule has 10 heteroatoms. The molecule has 35 heavy (non-hydrogen) atoms. The zero-order chi connectivity index (χ0) is 24.5. The highest BCUT2D eigenvalue weighted by Crippen LogP contribution is 2.48. The van der Waals surface area contributed by atoms with Gasteiger partial charge in [-0.1, -0.05) is 23.9 Å². The lowest BCUT2D eigenvalue weighted by Crippen LogP contribution is -2.36. The number of rotatable bonds is 8. The van der Waals surface area contributed by atoms with Crippen LogP contribution in [-0.4, -0.2) is 40.7 Å². The topological polar surface area (TPSA) is 118 Å². The van der Waals surface area contributed by atoms with Crippen molar-refractivity contribution in [3.63, 3.8) is 0 Å². The Hall–Kier alpha value is -3.37. The van der Waals surface area contributed by atoms with Crippen LogP contribution in [0.4, 0.5) is 11.4 Å². The Morgan fingerprint density at radius 1 is 1.06 bits per heavy atom. The van der Waals surface area contributed by atoms with E-state index in [1.54, 1.807) is 37.4 Å². The summed E-state index contributed by atoms with van der Waals surface area (Å²) in [6.07, 6.45) is 4.61. The highest BCUT2D eigenvalue weighted by atomic mass is 32.2. The molecule has 180 valence electrons. The van der Waals surface area contributed by atoms with E-state index in [2.05, 4.69) is 15.6 Å². The number of amides is 2. The monoisotopic (exact) mass is 509 g/mol. The number of benzene rings is 2. The van der Waals surface area contributed by atoms with Crippen molar-refractivity contribution in [3.8, 4) is 5.75 Å². The van der Waals surface area contributed by atoms with Crippen LogP contribution in [0.25, 0.3) is 10.2 Å². The number of anilines is 2. The van der Waals surface area contributed by atoms with Crippen LogP contribution in [0.2, 0.25) is 0 Å². The Kier molecular flexibility index (Phi) is 6.48. The minimum Gasteiger partial charge on any atom is -0.497 e. The van der Waals surface area contributed by atoms with Crippen LogP contribution in [0.15, 0.2) is 59.0 Å². The summed E-state index contributed by atoms with van der Waals surface area (Å²) in [5.74, 6) is -1.72. The SMILES string of the molecule is COc1ccc(NC(=O)CSc2nc3ccc(NC(=O)[C@H]4[C@@H](C(=O)O)[C@H]5C=C[C@H]4C5)cc3s2)cc1. The average Bonchev–Trinajstić information content (AvgIpc) is 3.57. The van der Waals surface area contributed by atoms with Gasteiger partial charge in [-0.3, -0.25) is 14.4 Å². The molecule has 2 aliphatic rings. The van der Waals surface area contributed by atoms with Crippen LogP contribution in [0.3, 0.4) is 0 Å². The molecule has 4 atom stereocenters. The lowest BCUT2D eigenvalue weighted by atomic mass is 9.82. The lowest BCUT2D eigenvalue weighted by Gasteiger charge is -2.23. The van der Waals surface area contributed by atoms with Crippen molar-refractivity contribution < 1.29 is 24.2 Å². The fourth-order valence-corrected chi connectivity index (χ4v) is 6.69. The van der Waals surface area contributed by atoms with E-state index in [0.717, 1.165) is 26.7 Å². The Morgan fingerprint density at radius 3 is 2.49 bits per heavy atom. The summed E-state index contributed by atoms with van der Waals surface area (Å²) in [5, 5.41) is 15.4. The number of aliphatic carboxylic acids is 1. The number of ether oxygens (including phenoxy) is 1. The number of aromatic nitrogens is 1. The molecule has 2 aliphatic carbocycles. The summed E-state index contributed by atoms with van der Waals surface area (Å²) in [4.78, 5) is 41.5. The Morgan fingerprint density at radius 2 is 1.77 bits per heavy atom. The highest BCUT2D eigenvalue weighted by Gasteiger charge is 2.51. The van der Waals surface area contributed by atoms with E-state index < -0.39 is 17.8 Å². The molecule has 0 aliphatic heterocycles. The van der Waals surface area contributed by atoms with Crippen molar-refractivity contribution in [3.05, 3.63) is 54.6 Å². The Labute approximate surface area is 209 Å². The van der Waals surface area contributed by atoms with Gasteiger partial charge in [0.15, 0.2) is 4.34 Å². The Balaban J connectivity index is 1.20. The second kappa shape index (κ2) is 9.71. The number of carbonyl (C=O) groups excluding carboxylic acids is 2. The van der Waals surface area contributed by atoms with Gasteiger partial charge >= 0.3 is 5.97 Å². The normalized spacial score (nSPS) is 22.3. The van der Waals surface area contributed by atoms with Gasteiger partial charge in [0.05, 0.1) is 34.9 Å². The van der Waals surface area contributed by atoms with E-state index in [4.69, 9.17) is 4.74 Å². The lowest BCUT2D eigenvalue weighted by molar-refractivity contribution is -0.146. The summed E-state index contributed by atoms with van der Waals surface area (Å²) < 4.78 is 6.74. The first kappa shape index (κ1) is 23.4. The molecule has 1 heterocycles. The number of carbonyl (C=O) groups is 3. The highest BCUT2D eigenvalue weighted by molar-refractivity contribution is 8.01. The van der Waals surface area contributed by atoms with Crippen molar-refractivity contribution in [2.24, 2.45) is 23.7 Å². The summed E-state index contributed by atoms with van der Waals surface area (Å²) in [6, 6.07) is 12.5. The molecular weight excluding hydrogens is 486 g/mol. The number of nitrogens with one attached hydrogen (secondary N) is 2. The number of carboxylic acids is 1. The molecule has 2 amide bonds. The quantitative estimate of drug-likeness (QED) is 0.302. The fourth-order valence-electron chi connectivity index (χ4n) is 4.78. The summed E-state index contributed by atoms with van der Waals surface area (Å²) in [6.45, 7) is 0. The van der Waals surface area contributed by atoms with Crippen LogP contribution >= 0.6 is 23.1 Å². The second-order valence-corrected chi connectivity index (χ2v) is 10.8. The van der Waals surface area contributed by atoms with Crippen molar-refractivity contribution in [1.82, 2.24) is 4.98 Å². The van der Waals surface area contributed by atoms with E-state index >= 15 is 0 Å². The molecule has 5 rings (SSSR count). The van der Waals surface area contributed by atoms with Crippen molar-refractivity contribution >= 4 is 62.5 Å². The zero-order valence-electron chi connectivity index (χ0n) is 18.8. The maximum Gasteiger partial charge on any atom is 0.307 e. The van der Waals surface area contributed by atoms with Crippen LogP contribution in [-0.2, 0) is 14.4 Å². The number of nitrogens with zero attached hydrogens (tertiary/aromatic N) is 1. The van der Waals surface area contributed by atoms with Crippen LogP contribution in [0.1, 0.15) is 6.42 Å². The van der Waals surface area contributed by atoms with Crippen LogP contribution in [0, 0.1) is 23.7 Å². The van der Waals surface area contributed by atoms with E-state index in [-0.39, 0.29) is 29.4 Å². The predicted octanol–water partition coefficient (Wildman–Crippen LogP) is 4.50. The number of hydrogen-bond donors (Lipinski definition) is 3. The van der Waals surface area contributed by atoms with Gasteiger partial charge in [0.25, 0.3) is 0 Å². The first-order chi connectivity index (χ1) is 16.9. The number of fused-ring (bicyclic) bond motifs is 3.